The van der Waals surface area contributed by atoms with Gasteiger partial charge < -0.3 is 4.74 Å². The average Bonchev–Trinajstić information content (AvgIpc) is 2.74. The van der Waals surface area contributed by atoms with Crippen LogP contribution in [-0.4, -0.2) is 21.5 Å². The molecule has 152 valence electrons. The van der Waals surface area contributed by atoms with E-state index in [4.69, 9.17) is 23.2 Å². The van der Waals surface area contributed by atoms with Crippen molar-refractivity contribution in [1.82, 2.24) is 0 Å². The van der Waals surface area contributed by atoms with Crippen molar-refractivity contribution in [2.45, 2.75) is 4.90 Å². The van der Waals surface area contributed by atoms with E-state index in [0.717, 1.165) is 0 Å². The van der Waals surface area contributed by atoms with Gasteiger partial charge in [0.05, 0.1) is 28.8 Å². The van der Waals surface area contributed by atoms with Gasteiger partial charge in [0, 0.05) is 15.6 Å². The molecule has 0 bridgehead atoms. The highest BCUT2D eigenvalue weighted by atomic mass is 35.5. The molecule has 0 radical (unpaired) electrons. The Balaban J connectivity index is 1.90. The van der Waals surface area contributed by atoms with E-state index in [0.29, 0.717) is 26.7 Å². The molecule has 0 aliphatic carbocycles. The molecule has 0 unspecified atom stereocenters. The summed E-state index contributed by atoms with van der Waals surface area (Å²) in [7, 11) is -2.53. The van der Waals surface area contributed by atoms with Crippen LogP contribution in [0, 0.1) is 11.8 Å². The molecule has 0 fully saturated rings. The predicted molar refractivity (Wildman–Crippen MR) is 117 cm³/mol. The van der Waals surface area contributed by atoms with E-state index >= 15 is 0 Å². The van der Waals surface area contributed by atoms with Crippen LogP contribution in [0.2, 0.25) is 10.0 Å². The van der Waals surface area contributed by atoms with Crippen molar-refractivity contribution in [2.24, 2.45) is 0 Å². The van der Waals surface area contributed by atoms with E-state index in [1.165, 1.54) is 31.4 Å². The number of halogens is 2. The summed E-state index contributed by atoms with van der Waals surface area (Å²) in [6.45, 7) is 0. The predicted octanol–water partition coefficient (Wildman–Crippen LogP) is 4.98. The zero-order valence-electron chi connectivity index (χ0n) is 15.6. The number of hydrogen-bond donors (Lipinski definition) is 1. The molecule has 0 atom stereocenters. The lowest BCUT2D eigenvalue weighted by atomic mass is 10.1. The Kier molecular flexibility index (Phi) is 6.68. The number of ether oxygens (including phenoxy) is 1. The Bertz CT molecular complexity index is 1240. The quantitative estimate of drug-likeness (QED) is 0.440. The summed E-state index contributed by atoms with van der Waals surface area (Å²) < 4.78 is 32.5. The minimum absolute atomic E-state index is 0.0687. The number of esters is 1. The number of benzene rings is 3. The summed E-state index contributed by atoms with van der Waals surface area (Å²) in [5, 5.41) is 0.847. The Morgan fingerprint density at radius 3 is 2.17 bits per heavy atom. The van der Waals surface area contributed by atoms with Crippen LogP contribution in [0.15, 0.2) is 71.6 Å². The minimum atomic E-state index is -3.84. The molecule has 5 nitrogen and oxygen atoms in total. The Hall–Kier alpha value is -2.98. The van der Waals surface area contributed by atoms with Crippen molar-refractivity contribution in [3.63, 3.8) is 0 Å². The molecule has 1 N–H and O–H groups in total. The number of hydrogen-bond acceptors (Lipinski definition) is 4. The van der Waals surface area contributed by atoms with Crippen molar-refractivity contribution >= 4 is 44.9 Å². The summed E-state index contributed by atoms with van der Waals surface area (Å²) in [5.74, 6) is 5.41. The average molecular weight is 460 g/mol. The van der Waals surface area contributed by atoms with Crippen molar-refractivity contribution in [3.8, 4) is 11.8 Å². The summed E-state index contributed by atoms with van der Waals surface area (Å²) in [6, 6.07) is 17.0. The Labute approximate surface area is 184 Å². The molecule has 0 aliphatic heterocycles. The van der Waals surface area contributed by atoms with E-state index in [1.54, 1.807) is 42.5 Å². The van der Waals surface area contributed by atoms with E-state index < -0.39 is 16.0 Å². The van der Waals surface area contributed by atoms with Gasteiger partial charge in [-0.25, -0.2) is 13.2 Å². The Morgan fingerprint density at radius 1 is 0.900 bits per heavy atom. The number of sulfonamides is 1. The maximum Gasteiger partial charge on any atom is 0.337 e. The van der Waals surface area contributed by atoms with Crippen LogP contribution < -0.4 is 4.72 Å². The first-order valence-electron chi connectivity index (χ1n) is 8.57. The zero-order chi connectivity index (χ0) is 21.7. The molecule has 0 spiro atoms. The van der Waals surface area contributed by atoms with Crippen LogP contribution >= 0.6 is 23.2 Å². The standard InChI is InChI=1S/C22H15Cl2NO4S/c1-29-22(26)16-5-2-15(3-6-16)4-7-17-14-19(24)10-13-21(17)25-30(27,28)20-11-8-18(23)9-12-20/h2-3,5-6,8-14,25H,1H3. The lowest BCUT2D eigenvalue weighted by molar-refractivity contribution is 0.0600. The van der Waals surface area contributed by atoms with Gasteiger partial charge in [0.1, 0.15) is 0 Å². The third-order valence-electron chi connectivity index (χ3n) is 4.00. The number of methoxy groups -OCH3 is 1. The lowest BCUT2D eigenvalue weighted by Crippen LogP contribution is -2.13. The molecular weight excluding hydrogens is 445 g/mol. The van der Waals surface area contributed by atoms with Crippen molar-refractivity contribution < 1.29 is 17.9 Å². The van der Waals surface area contributed by atoms with Crippen molar-refractivity contribution in [3.05, 3.63) is 93.5 Å². The first kappa shape index (κ1) is 21.7. The molecule has 0 amide bonds. The molecule has 3 aromatic rings. The molecule has 3 aromatic carbocycles. The number of carbonyl (C=O) groups is 1. The molecule has 0 saturated heterocycles. The van der Waals surface area contributed by atoms with Crippen molar-refractivity contribution in [1.29, 1.82) is 0 Å². The minimum Gasteiger partial charge on any atom is -0.465 e. The van der Waals surface area contributed by atoms with E-state index in [9.17, 15) is 13.2 Å². The van der Waals surface area contributed by atoms with Gasteiger partial charge in [-0.3, -0.25) is 4.72 Å². The Morgan fingerprint density at radius 2 is 1.53 bits per heavy atom. The first-order valence-corrected chi connectivity index (χ1v) is 10.8. The molecule has 0 aliphatic rings. The molecule has 0 saturated carbocycles. The summed E-state index contributed by atoms with van der Waals surface area (Å²) in [4.78, 5) is 11.6. The molecular formula is C22H15Cl2NO4S. The highest BCUT2D eigenvalue weighted by Crippen LogP contribution is 2.24. The second-order valence-electron chi connectivity index (χ2n) is 6.07. The molecule has 0 heterocycles. The van der Waals surface area contributed by atoms with E-state index in [-0.39, 0.29) is 10.6 Å². The number of rotatable bonds is 4. The monoisotopic (exact) mass is 459 g/mol. The van der Waals surface area contributed by atoms with Gasteiger partial charge in [0.15, 0.2) is 0 Å². The van der Waals surface area contributed by atoms with E-state index in [2.05, 4.69) is 21.3 Å². The van der Waals surface area contributed by atoms with Crippen LogP contribution in [0.5, 0.6) is 0 Å². The summed E-state index contributed by atoms with van der Waals surface area (Å²) in [6.07, 6.45) is 0. The molecule has 8 heteroatoms. The molecule has 3 rings (SSSR count). The number of nitrogens with one attached hydrogen (secondary N) is 1. The second kappa shape index (κ2) is 9.23. The van der Waals surface area contributed by atoms with Gasteiger partial charge in [-0.15, -0.1) is 0 Å². The summed E-state index contributed by atoms with van der Waals surface area (Å²) in [5.41, 5.74) is 1.72. The fourth-order valence-corrected chi connectivity index (χ4v) is 3.85. The zero-order valence-corrected chi connectivity index (χ0v) is 18.0. The van der Waals surface area contributed by atoms with Gasteiger partial charge >= 0.3 is 5.97 Å². The second-order valence-corrected chi connectivity index (χ2v) is 8.62. The fourth-order valence-electron chi connectivity index (χ4n) is 2.47. The lowest BCUT2D eigenvalue weighted by Gasteiger charge is -2.10. The van der Waals surface area contributed by atoms with Gasteiger partial charge in [0.2, 0.25) is 0 Å². The summed E-state index contributed by atoms with van der Waals surface area (Å²) >= 11 is 11.9. The van der Waals surface area contributed by atoms with Crippen LogP contribution in [0.3, 0.4) is 0 Å². The normalized spacial score (nSPS) is 10.6. The largest absolute Gasteiger partial charge is 0.465 e. The number of carbonyl (C=O) groups excluding carboxylic acids is 1. The maximum atomic E-state index is 12.7. The maximum absolute atomic E-state index is 12.7. The van der Waals surface area contributed by atoms with E-state index in [1.807, 2.05) is 0 Å². The third-order valence-corrected chi connectivity index (χ3v) is 5.87. The van der Waals surface area contributed by atoms with Crippen LogP contribution in [0.4, 0.5) is 5.69 Å². The smallest absolute Gasteiger partial charge is 0.337 e. The highest BCUT2D eigenvalue weighted by Gasteiger charge is 2.16. The molecule has 0 aromatic heterocycles. The van der Waals surface area contributed by atoms with Crippen LogP contribution in [0.1, 0.15) is 21.5 Å². The van der Waals surface area contributed by atoms with Gasteiger partial charge in [-0.1, -0.05) is 35.0 Å². The number of anilines is 1. The van der Waals surface area contributed by atoms with Gasteiger partial charge in [-0.05, 0) is 66.7 Å². The molecule has 30 heavy (non-hydrogen) atoms. The van der Waals surface area contributed by atoms with Gasteiger partial charge in [-0.2, -0.15) is 0 Å². The van der Waals surface area contributed by atoms with Crippen molar-refractivity contribution in [2.75, 3.05) is 11.8 Å². The first-order chi connectivity index (χ1) is 14.3. The topological polar surface area (TPSA) is 72.5 Å². The fraction of sp³-hybridized carbons (Fsp3) is 0.0455. The third kappa shape index (κ3) is 5.33. The SMILES string of the molecule is COC(=O)c1ccc(C#Cc2cc(Cl)ccc2NS(=O)(=O)c2ccc(Cl)cc2)cc1. The highest BCUT2D eigenvalue weighted by molar-refractivity contribution is 7.92. The van der Waals surface area contributed by atoms with Gasteiger partial charge in [0.25, 0.3) is 10.0 Å². The van der Waals surface area contributed by atoms with Crippen LogP contribution in [-0.2, 0) is 14.8 Å². The van der Waals surface area contributed by atoms with Crippen LogP contribution in [0.25, 0.3) is 0 Å².